The summed E-state index contributed by atoms with van der Waals surface area (Å²) in [7, 11) is 1.54. The number of rotatable bonds is 6. The maximum absolute atomic E-state index is 12.3. The second-order valence-corrected chi connectivity index (χ2v) is 7.29. The van der Waals surface area contributed by atoms with Crippen LogP contribution in [0.5, 0.6) is 5.75 Å². The van der Waals surface area contributed by atoms with Crippen molar-refractivity contribution in [3.63, 3.8) is 0 Å². The summed E-state index contributed by atoms with van der Waals surface area (Å²) in [5, 5.41) is 12.0. The molecule has 0 aliphatic rings. The molecule has 1 amide bonds. The number of carbonyl (C=O) groups is 1. The molecule has 0 aliphatic heterocycles. The molecular weight excluding hydrogens is 384 g/mol. The van der Waals surface area contributed by atoms with Crippen LogP contribution in [0.2, 0.25) is 5.02 Å². The third-order valence-corrected chi connectivity index (χ3v) is 5.29. The van der Waals surface area contributed by atoms with Gasteiger partial charge in [-0.3, -0.25) is 9.36 Å². The van der Waals surface area contributed by atoms with Gasteiger partial charge in [-0.15, -0.1) is 10.2 Å². The summed E-state index contributed by atoms with van der Waals surface area (Å²) in [5.74, 6) is 0.606. The fraction of sp³-hybridized carbons (Fsp3) is 0.211. The Morgan fingerprint density at radius 2 is 2.04 bits per heavy atom. The van der Waals surface area contributed by atoms with Crippen LogP contribution in [0.15, 0.2) is 47.9 Å². The van der Waals surface area contributed by atoms with Crippen molar-refractivity contribution in [1.82, 2.24) is 14.8 Å². The van der Waals surface area contributed by atoms with Crippen molar-refractivity contribution in [2.75, 3.05) is 18.2 Å². The first-order valence-electron chi connectivity index (χ1n) is 8.22. The van der Waals surface area contributed by atoms with E-state index in [1.807, 2.05) is 10.6 Å². The van der Waals surface area contributed by atoms with Gasteiger partial charge >= 0.3 is 0 Å². The van der Waals surface area contributed by atoms with E-state index in [4.69, 9.17) is 16.3 Å². The average Bonchev–Trinajstić information content (AvgIpc) is 3.11. The first-order chi connectivity index (χ1) is 13.0. The molecule has 0 saturated carbocycles. The molecule has 27 heavy (non-hydrogen) atoms. The Bertz CT molecular complexity index is 974. The number of amides is 1. The average molecular weight is 403 g/mol. The van der Waals surface area contributed by atoms with Gasteiger partial charge in [0.25, 0.3) is 0 Å². The summed E-state index contributed by atoms with van der Waals surface area (Å²) in [6.45, 7) is 4.13. The Labute approximate surface area is 166 Å². The zero-order valence-corrected chi connectivity index (χ0v) is 16.8. The SMILES string of the molecule is COc1ccc(NC(=O)CSc2nncn2-c2ccc(C)c(C)c2)cc1Cl. The van der Waals surface area contributed by atoms with Crippen molar-refractivity contribution in [2.45, 2.75) is 19.0 Å². The first kappa shape index (κ1) is 19.3. The number of benzene rings is 2. The highest BCUT2D eigenvalue weighted by Gasteiger charge is 2.12. The normalized spacial score (nSPS) is 10.7. The first-order valence-corrected chi connectivity index (χ1v) is 9.58. The Morgan fingerprint density at radius 3 is 2.74 bits per heavy atom. The molecule has 0 spiro atoms. The molecule has 0 radical (unpaired) electrons. The van der Waals surface area contributed by atoms with Gasteiger partial charge in [0, 0.05) is 11.4 Å². The van der Waals surface area contributed by atoms with Crippen LogP contribution < -0.4 is 10.1 Å². The molecule has 1 N–H and O–H groups in total. The van der Waals surface area contributed by atoms with E-state index >= 15 is 0 Å². The van der Waals surface area contributed by atoms with Crippen LogP contribution in [0.1, 0.15) is 11.1 Å². The molecule has 1 aromatic heterocycles. The summed E-state index contributed by atoms with van der Waals surface area (Å²) in [6.07, 6.45) is 1.65. The molecule has 6 nitrogen and oxygen atoms in total. The second kappa shape index (κ2) is 8.45. The van der Waals surface area contributed by atoms with E-state index < -0.39 is 0 Å². The largest absolute Gasteiger partial charge is 0.495 e. The number of ether oxygens (including phenoxy) is 1. The van der Waals surface area contributed by atoms with E-state index in [1.54, 1.807) is 31.6 Å². The van der Waals surface area contributed by atoms with E-state index in [1.165, 1.54) is 22.9 Å². The van der Waals surface area contributed by atoms with Crippen molar-refractivity contribution in [1.29, 1.82) is 0 Å². The quantitative estimate of drug-likeness (QED) is 0.623. The molecule has 8 heteroatoms. The molecule has 3 aromatic rings. The number of nitrogens with zero attached hydrogens (tertiary/aromatic N) is 3. The summed E-state index contributed by atoms with van der Waals surface area (Å²) < 4.78 is 6.98. The number of methoxy groups -OCH3 is 1. The van der Waals surface area contributed by atoms with Crippen LogP contribution in [-0.2, 0) is 4.79 Å². The molecule has 0 atom stereocenters. The molecule has 1 heterocycles. The Kier molecular flexibility index (Phi) is 6.03. The highest BCUT2D eigenvalue weighted by Crippen LogP contribution is 2.27. The minimum atomic E-state index is -0.157. The van der Waals surface area contributed by atoms with Crippen LogP contribution in [0.25, 0.3) is 5.69 Å². The van der Waals surface area contributed by atoms with Crippen molar-refractivity contribution < 1.29 is 9.53 Å². The third kappa shape index (κ3) is 4.61. The summed E-state index contributed by atoms with van der Waals surface area (Å²) in [6, 6.07) is 11.2. The van der Waals surface area contributed by atoms with Crippen molar-refractivity contribution >= 4 is 35.0 Å². The second-order valence-electron chi connectivity index (χ2n) is 5.94. The molecular formula is C19H19ClN4O2S. The molecule has 3 rings (SSSR count). The van der Waals surface area contributed by atoms with E-state index in [-0.39, 0.29) is 11.7 Å². The van der Waals surface area contributed by atoms with Crippen molar-refractivity contribution in [2.24, 2.45) is 0 Å². The molecule has 0 saturated heterocycles. The Morgan fingerprint density at radius 1 is 1.22 bits per heavy atom. The van der Waals surface area contributed by atoms with E-state index in [2.05, 4.69) is 41.5 Å². The van der Waals surface area contributed by atoms with Gasteiger partial charge in [-0.2, -0.15) is 0 Å². The zero-order chi connectivity index (χ0) is 19.4. The summed E-state index contributed by atoms with van der Waals surface area (Å²) in [5.41, 5.74) is 3.99. The lowest BCUT2D eigenvalue weighted by molar-refractivity contribution is -0.113. The van der Waals surface area contributed by atoms with Crippen LogP contribution >= 0.6 is 23.4 Å². The van der Waals surface area contributed by atoms with E-state index in [0.717, 1.165) is 5.69 Å². The number of nitrogens with one attached hydrogen (secondary N) is 1. The molecule has 2 aromatic carbocycles. The minimum absolute atomic E-state index is 0.157. The van der Waals surface area contributed by atoms with Gasteiger partial charge < -0.3 is 10.1 Å². The van der Waals surface area contributed by atoms with Gasteiger partial charge in [-0.1, -0.05) is 29.4 Å². The topological polar surface area (TPSA) is 69.0 Å². The predicted octanol–water partition coefficient (Wildman–Crippen LogP) is 4.28. The van der Waals surface area contributed by atoms with E-state index in [9.17, 15) is 4.79 Å². The number of aromatic nitrogens is 3. The number of anilines is 1. The predicted molar refractivity (Wildman–Crippen MR) is 108 cm³/mol. The minimum Gasteiger partial charge on any atom is -0.495 e. The van der Waals surface area contributed by atoms with Crippen molar-refractivity contribution in [3.8, 4) is 11.4 Å². The summed E-state index contributed by atoms with van der Waals surface area (Å²) >= 11 is 7.40. The number of carbonyl (C=O) groups excluding carboxylic acids is 1. The molecule has 140 valence electrons. The van der Waals surface area contributed by atoms with Gasteiger partial charge in [0.1, 0.15) is 12.1 Å². The third-order valence-electron chi connectivity index (χ3n) is 4.05. The monoisotopic (exact) mass is 402 g/mol. The fourth-order valence-corrected chi connectivity index (χ4v) is 3.43. The maximum Gasteiger partial charge on any atom is 0.234 e. The lowest BCUT2D eigenvalue weighted by Crippen LogP contribution is -2.14. The number of thioether (sulfide) groups is 1. The van der Waals surface area contributed by atoms with Crippen molar-refractivity contribution in [3.05, 3.63) is 58.9 Å². The molecule has 0 fully saturated rings. The Balaban J connectivity index is 1.65. The van der Waals surface area contributed by atoms with Crippen LogP contribution in [0.3, 0.4) is 0 Å². The highest BCUT2D eigenvalue weighted by atomic mass is 35.5. The highest BCUT2D eigenvalue weighted by molar-refractivity contribution is 7.99. The van der Waals surface area contributed by atoms with Gasteiger partial charge in [0.2, 0.25) is 5.91 Å². The Hall–Kier alpha value is -2.51. The fourth-order valence-electron chi connectivity index (χ4n) is 2.45. The molecule has 0 aliphatic carbocycles. The van der Waals surface area contributed by atoms with Crippen LogP contribution in [0, 0.1) is 13.8 Å². The zero-order valence-electron chi connectivity index (χ0n) is 15.2. The lowest BCUT2D eigenvalue weighted by Gasteiger charge is -2.09. The standard InChI is InChI=1S/C19H19ClN4O2S/c1-12-4-6-15(8-13(12)2)24-11-21-23-19(24)27-10-18(25)22-14-5-7-17(26-3)16(20)9-14/h4-9,11H,10H2,1-3H3,(H,22,25). The van der Waals surface area contributed by atoms with Crippen LogP contribution in [0.4, 0.5) is 5.69 Å². The molecule has 0 bridgehead atoms. The number of aryl methyl sites for hydroxylation is 2. The van der Waals surface area contributed by atoms with Gasteiger partial charge in [0.05, 0.1) is 17.9 Å². The number of halogens is 1. The molecule has 0 unspecified atom stereocenters. The summed E-state index contributed by atoms with van der Waals surface area (Å²) in [4.78, 5) is 12.3. The lowest BCUT2D eigenvalue weighted by atomic mass is 10.1. The van der Waals surface area contributed by atoms with Gasteiger partial charge in [0.15, 0.2) is 5.16 Å². The van der Waals surface area contributed by atoms with Gasteiger partial charge in [-0.25, -0.2) is 0 Å². The van der Waals surface area contributed by atoms with Crippen LogP contribution in [-0.4, -0.2) is 33.5 Å². The maximum atomic E-state index is 12.3. The van der Waals surface area contributed by atoms with E-state index in [0.29, 0.717) is 21.6 Å². The number of hydrogen-bond acceptors (Lipinski definition) is 5. The van der Waals surface area contributed by atoms with Gasteiger partial charge in [-0.05, 0) is 55.3 Å². The number of hydrogen-bond donors (Lipinski definition) is 1. The smallest absolute Gasteiger partial charge is 0.234 e.